The van der Waals surface area contributed by atoms with Gasteiger partial charge in [0.25, 0.3) is 0 Å². The van der Waals surface area contributed by atoms with Crippen molar-refractivity contribution in [3.8, 4) is 0 Å². The first-order chi connectivity index (χ1) is 4.83. The van der Waals surface area contributed by atoms with Crippen molar-refractivity contribution < 1.29 is 0 Å². The van der Waals surface area contributed by atoms with Crippen LogP contribution in [0, 0.1) is 5.92 Å². The molecule has 0 radical (unpaired) electrons. The summed E-state index contributed by atoms with van der Waals surface area (Å²) in [6.07, 6.45) is 0. The lowest BCUT2D eigenvalue weighted by molar-refractivity contribution is 0.645. The second kappa shape index (κ2) is 4.66. The van der Waals surface area contributed by atoms with Gasteiger partial charge in [-0.3, -0.25) is 0 Å². The summed E-state index contributed by atoms with van der Waals surface area (Å²) >= 11 is 0. The van der Waals surface area contributed by atoms with Gasteiger partial charge in [-0.25, -0.2) is 0 Å². The lowest BCUT2D eigenvalue weighted by atomic mass is 10.2. The molecule has 0 aromatic heterocycles. The topological polar surface area (TPSA) is 0 Å². The normalized spacial score (nSPS) is 15.5. The van der Waals surface area contributed by atoms with E-state index in [1.165, 1.54) is 0 Å². The van der Waals surface area contributed by atoms with Crippen LogP contribution in [0.5, 0.6) is 0 Å². The van der Waals surface area contributed by atoms with Crippen LogP contribution in [0.15, 0.2) is 0 Å². The first-order valence-corrected chi connectivity index (χ1v) is 6.38. The molecule has 0 nitrogen and oxygen atoms in total. The third kappa shape index (κ3) is 7.07. The number of rotatable bonds is 3. The molecule has 0 aliphatic heterocycles. The third-order valence-electron chi connectivity index (χ3n) is 1.39. The van der Waals surface area contributed by atoms with Crippen LogP contribution in [0.1, 0.15) is 41.5 Å². The summed E-state index contributed by atoms with van der Waals surface area (Å²) in [6, 6.07) is 0. The molecular weight excluding hydrogens is 172 g/mol. The summed E-state index contributed by atoms with van der Waals surface area (Å²) in [4.78, 5) is 0. The summed E-state index contributed by atoms with van der Waals surface area (Å²) in [6.45, 7) is 13.6. The van der Waals surface area contributed by atoms with Crippen LogP contribution in [0.3, 0.4) is 0 Å². The van der Waals surface area contributed by atoms with E-state index in [0.717, 1.165) is 11.2 Å². The van der Waals surface area contributed by atoms with E-state index in [-0.39, 0.29) is 0 Å². The van der Waals surface area contributed by atoms with Crippen LogP contribution in [0.4, 0.5) is 0 Å². The first kappa shape index (κ1) is 11.7. The second-order valence-electron chi connectivity index (χ2n) is 4.24. The monoisotopic (exact) mass is 192 g/mol. The Morgan fingerprint density at radius 1 is 1.00 bits per heavy atom. The molecule has 11 heavy (non-hydrogen) atoms. The van der Waals surface area contributed by atoms with Gasteiger partial charge in [0.1, 0.15) is 0 Å². The molecule has 0 unspecified atom stereocenters. The van der Waals surface area contributed by atoms with Gasteiger partial charge in [-0.05, 0) is 5.92 Å². The molecule has 0 amide bonds. The third-order valence-corrected chi connectivity index (χ3v) is 5.53. The van der Waals surface area contributed by atoms with Crippen molar-refractivity contribution in [2.24, 2.45) is 5.92 Å². The van der Waals surface area contributed by atoms with Crippen LogP contribution < -0.4 is 0 Å². The predicted octanol–water partition coefficient (Wildman–Crippen LogP) is 4.21. The molecule has 0 bridgehead atoms. The van der Waals surface area contributed by atoms with E-state index in [2.05, 4.69) is 41.5 Å². The molecule has 2 heteroatoms. The molecule has 0 saturated heterocycles. The largest absolute Gasteiger partial charge is 0.0902 e. The van der Waals surface area contributed by atoms with Crippen LogP contribution in [0.25, 0.3) is 0 Å². The van der Waals surface area contributed by atoms with Crippen molar-refractivity contribution in [1.29, 1.82) is 0 Å². The standard InChI is InChI=1S/C9H20S2/c1-7(2)8(3)10-11-9(4,5)6/h7-8H,1-6H3/t8-/m0/s1. The highest BCUT2D eigenvalue weighted by molar-refractivity contribution is 8.77. The van der Waals surface area contributed by atoms with Gasteiger partial charge in [0.15, 0.2) is 0 Å². The van der Waals surface area contributed by atoms with Gasteiger partial charge in [0.2, 0.25) is 0 Å². The molecule has 0 rings (SSSR count). The Balaban J connectivity index is 3.54. The van der Waals surface area contributed by atoms with Crippen molar-refractivity contribution >= 4 is 21.6 Å². The van der Waals surface area contributed by atoms with Crippen molar-refractivity contribution in [2.45, 2.75) is 51.5 Å². The summed E-state index contributed by atoms with van der Waals surface area (Å²) in [7, 11) is 3.99. The van der Waals surface area contributed by atoms with Gasteiger partial charge in [-0.15, -0.1) is 0 Å². The minimum absolute atomic E-state index is 0.397. The Labute approximate surface area is 79.3 Å². The van der Waals surface area contributed by atoms with Crippen LogP contribution in [-0.4, -0.2) is 10.00 Å². The lowest BCUT2D eigenvalue weighted by Gasteiger charge is -2.21. The molecule has 0 fully saturated rings. The molecule has 0 saturated carbocycles. The fourth-order valence-corrected chi connectivity index (χ4v) is 2.98. The Kier molecular flexibility index (Phi) is 4.96. The summed E-state index contributed by atoms with van der Waals surface area (Å²) in [5, 5.41) is 0.763. The van der Waals surface area contributed by atoms with Gasteiger partial charge >= 0.3 is 0 Å². The maximum absolute atomic E-state index is 2.30. The predicted molar refractivity (Wildman–Crippen MR) is 59.2 cm³/mol. The van der Waals surface area contributed by atoms with E-state index >= 15 is 0 Å². The van der Waals surface area contributed by atoms with E-state index in [1.807, 2.05) is 21.6 Å². The van der Waals surface area contributed by atoms with E-state index in [1.54, 1.807) is 0 Å². The Hall–Kier alpha value is 0.700. The van der Waals surface area contributed by atoms with E-state index in [9.17, 15) is 0 Å². The number of hydrogen-bond donors (Lipinski definition) is 0. The molecule has 0 aromatic carbocycles. The van der Waals surface area contributed by atoms with Crippen LogP contribution in [-0.2, 0) is 0 Å². The Morgan fingerprint density at radius 3 is 1.73 bits per heavy atom. The average Bonchev–Trinajstić information content (AvgIpc) is 1.80. The molecule has 0 heterocycles. The fraction of sp³-hybridized carbons (Fsp3) is 1.00. The molecule has 0 aromatic rings. The molecule has 0 spiro atoms. The maximum Gasteiger partial charge on any atom is 0.0179 e. The molecule has 1 atom stereocenters. The smallest absolute Gasteiger partial charge is 0.0179 e. The summed E-state index contributed by atoms with van der Waals surface area (Å²) in [5.74, 6) is 0.787. The number of hydrogen-bond acceptors (Lipinski definition) is 2. The maximum atomic E-state index is 2.30. The van der Waals surface area contributed by atoms with Gasteiger partial charge in [0.05, 0.1) is 0 Å². The summed E-state index contributed by atoms with van der Waals surface area (Å²) in [5.41, 5.74) is 0. The van der Waals surface area contributed by atoms with E-state index in [0.29, 0.717) is 4.75 Å². The van der Waals surface area contributed by atoms with E-state index in [4.69, 9.17) is 0 Å². The molecule has 68 valence electrons. The highest BCUT2D eigenvalue weighted by atomic mass is 33.1. The van der Waals surface area contributed by atoms with Gasteiger partial charge in [-0.1, -0.05) is 63.1 Å². The Bertz CT molecular complexity index is 103. The lowest BCUT2D eigenvalue weighted by Crippen LogP contribution is -2.09. The SMILES string of the molecule is CC(C)[C@H](C)SSC(C)(C)C. The van der Waals surface area contributed by atoms with Crippen molar-refractivity contribution in [2.75, 3.05) is 0 Å². The summed E-state index contributed by atoms with van der Waals surface area (Å²) < 4.78 is 0.397. The van der Waals surface area contributed by atoms with E-state index < -0.39 is 0 Å². The minimum atomic E-state index is 0.397. The fourth-order valence-electron chi connectivity index (χ4n) is 0.331. The van der Waals surface area contributed by atoms with Crippen molar-refractivity contribution in [3.63, 3.8) is 0 Å². The van der Waals surface area contributed by atoms with Gasteiger partial charge < -0.3 is 0 Å². The van der Waals surface area contributed by atoms with Crippen molar-refractivity contribution in [3.05, 3.63) is 0 Å². The highest BCUT2D eigenvalue weighted by Gasteiger charge is 2.15. The van der Waals surface area contributed by atoms with Crippen LogP contribution in [0.2, 0.25) is 0 Å². The molecule has 0 N–H and O–H groups in total. The zero-order valence-electron chi connectivity index (χ0n) is 8.47. The zero-order valence-corrected chi connectivity index (χ0v) is 10.1. The quantitative estimate of drug-likeness (QED) is 0.614. The molecule has 0 aliphatic carbocycles. The van der Waals surface area contributed by atoms with Crippen molar-refractivity contribution in [1.82, 2.24) is 0 Å². The van der Waals surface area contributed by atoms with Gasteiger partial charge in [-0.2, -0.15) is 0 Å². The van der Waals surface area contributed by atoms with Crippen LogP contribution >= 0.6 is 21.6 Å². The zero-order chi connectivity index (χ0) is 9.07. The molecular formula is C9H20S2. The minimum Gasteiger partial charge on any atom is -0.0902 e. The van der Waals surface area contributed by atoms with Gasteiger partial charge in [0, 0.05) is 10.00 Å². The first-order valence-electron chi connectivity index (χ1n) is 4.17. The second-order valence-corrected chi connectivity index (χ2v) is 7.65. The highest BCUT2D eigenvalue weighted by Crippen LogP contribution is 2.39. The molecule has 0 aliphatic rings. The Morgan fingerprint density at radius 2 is 1.45 bits per heavy atom. The average molecular weight is 192 g/mol.